The summed E-state index contributed by atoms with van der Waals surface area (Å²) in [5.74, 6) is 0. The summed E-state index contributed by atoms with van der Waals surface area (Å²) in [6.45, 7) is 1.24. The Labute approximate surface area is 122 Å². The second kappa shape index (κ2) is 5.44. The normalized spacial score (nSPS) is 13.7. The standard InChI is InChI=1S/C16H17N3O2/c1-18-9-4-7-14(15(18)20)17-16(21)19-10-8-12-5-2-3-6-13(12)11-19/h2-7,9H,8,10-11H2,1H3,(H,17,21). The van der Waals surface area contributed by atoms with Gasteiger partial charge in [-0.15, -0.1) is 0 Å². The van der Waals surface area contributed by atoms with Crippen LogP contribution in [0, 0.1) is 0 Å². The molecule has 5 heteroatoms. The van der Waals surface area contributed by atoms with Crippen molar-refractivity contribution in [1.82, 2.24) is 9.47 Å². The molecule has 0 spiro atoms. The molecule has 0 aliphatic carbocycles. The quantitative estimate of drug-likeness (QED) is 0.870. The van der Waals surface area contributed by atoms with Crippen molar-refractivity contribution in [3.8, 4) is 0 Å². The molecule has 2 aromatic rings. The zero-order valence-electron chi connectivity index (χ0n) is 11.9. The van der Waals surface area contributed by atoms with Gasteiger partial charge in [-0.3, -0.25) is 4.79 Å². The zero-order chi connectivity index (χ0) is 14.8. The number of carbonyl (C=O) groups excluding carboxylic acids is 1. The first-order valence-electron chi connectivity index (χ1n) is 6.93. The largest absolute Gasteiger partial charge is 0.322 e. The molecule has 1 aliphatic heterocycles. The average molecular weight is 283 g/mol. The van der Waals surface area contributed by atoms with E-state index >= 15 is 0 Å². The van der Waals surface area contributed by atoms with E-state index in [4.69, 9.17) is 0 Å². The molecule has 0 bridgehead atoms. The zero-order valence-corrected chi connectivity index (χ0v) is 11.9. The number of nitrogens with zero attached hydrogens (tertiary/aromatic N) is 2. The van der Waals surface area contributed by atoms with Crippen molar-refractivity contribution in [3.63, 3.8) is 0 Å². The van der Waals surface area contributed by atoms with E-state index in [1.807, 2.05) is 18.2 Å². The van der Waals surface area contributed by atoms with Crippen molar-refractivity contribution in [2.45, 2.75) is 13.0 Å². The van der Waals surface area contributed by atoms with Crippen LogP contribution >= 0.6 is 0 Å². The van der Waals surface area contributed by atoms with Gasteiger partial charge in [-0.25, -0.2) is 4.79 Å². The highest BCUT2D eigenvalue weighted by atomic mass is 16.2. The third-order valence-electron chi connectivity index (χ3n) is 3.78. The maximum atomic E-state index is 12.3. The Balaban J connectivity index is 1.75. The summed E-state index contributed by atoms with van der Waals surface area (Å²) in [4.78, 5) is 26.0. The van der Waals surface area contributed by atoms with E-state index in [0.29, 0.717) is 18.8 Å². The molecule has 0 unspecified atom stereocenters. The third kappa shape index (κ3) is 2.67. The monoisotopic (exact) mass is 283 g/mol. The number of anilines is 1. The Morgan fingerprint density at radius 3 is 2.71 bits per heavy atom. The molecule has 1 N–H and O–H groups in total. The molecule has 1 aromatic carbocycles. The van der Waals surface area contributed by atoms with Gasteiger partial charge in [-0.05, 0) is 29.7 Å². The predicted octanol–water partition coefficient (Wildman–Crippen LogP) is 1.98. The van der Waals surface area contributed by atoms with Crippen LogP contribution in [-0.4, -0.2) is 22.0 Å². The first kappa shape index (κ1) is 13.4. The van der Waals surface area contributed by atoms with Crippen LogP contribution in [0.2, 0.25) is 0 Å². The molecule has 0 saturated carbocycles. The van der Waals surface area contributed by atoms with Crippen molar-refractivity contribution in [2.75, 3.05) is 11.9 Å². The molecule has 108 valence electrons. The van der Waals surface area contributed by atoms with Gasteiger partial charge < -0.3 is 14.8 Å². The number of urea groups is 1. The smallest absolute Gasteiger partial charge is 0.320 e. The van der Waals surface area contributed by atoms with E-state index in [1.54, 1.807) is 30.3 Å². The number of hydrogen-bond donors (Lipinski definition) is 1. The molecule has 1 aromatic heterocycles. The Morgan fingerprint density at radius 2 is 1.90 bits per heavy atom. The van der Waals surface area contributed by atoms with E-state index in [9.17, 15) is 9.59 Å². The lowest BCUT2D eigenvalue weighted by Gasteiger charge is -2.28. The van der Waals surface area contributed by atoms with Crippen LogP contribution in [-0.2, 0) is 20.0 Å². The predicted molar refractivity (Wildman–Crippen MR) is 81.3 cm³/mol. The van der Waals surface area contributed by atoms with Crippen LogP contribution in [0.3, 0.4) is 0 Å². The molecule has 5 nitrogen and oxygen atoms in total. The molecule has 2 amide bonds. The van der Waals surface area contributed by atoms with Gasteiger partial charge in [0, 0.05) is 26.3 Å². The summed E-state index contributed by atoms with van der Waals surface area (Å²) in [6.07, 6.45) is 2.51. The average Bonchev–Trinajstić information content (AvgIpc) is 2.51. The highest BCUT2D eigenvalue weighted by Crippen LogP contribution is 2.18. The molecule has 21 heavy (non-hydrogen) atoms. The Morgan fingerprint density at radius 1 is 1.14 bits per heavy atom. The summed E-state index contributed by atoms with van der Waals surface area (Å²) in [5, 5.41) is 2.71. The van der Waals surface area contributed by atoms with Crippen LogP contribution in [0.25, 0.3) is 0 Å². The van der Waals surface area contributed by atoms with Crippen molar-refractivity contribution < 1.29 is 4.79 Å². The Bertz CT molecular complexity index is 736. The van der Waals surface area contributed by atoms with Crippen molar-refractivity contribution in [1.29, 1.82) is 0 Å². The van der Waals surface area contributed by atoms with Gasteiger partial charge in [0.2, 0.25) is 0 Å². The van der Waals surface area contributed by atoms with Gasteiger partial charge in [0.05, 0.1) is 0 Å². The van der Waals surface area contributed by atoms with Crippen LogP contribution in [0.5, 0.6) is 0 Å². The number of benzene rings is 1. The first-order valence-corrected chi connectivity index (χ1v) is 6.93. The molecule has 0 fully saturated rings. The van der Waals surface area contributed by atoms with E-state index in [0.717, 1.165) is 6.42 Å². The maximum absolute atomic E-state index is 12.3. The minimum Gasteiger partial charge on any atom is -0.320 e. The van der Waals surface area contributed by atoms with Crippen LogP contribution in [0.4, 0.5) is 10.5 Å². The summed E-state index contributed by atoms with van der Waals surface area (Å²) in [7, 11) is 1.66. The molecular formula is C16H17N3O2. The molecule has 2 heterocycles. The number of carbonyl (C=O) groups is 1. The molecular weight excluding hydrogens is 266 g/mol. The minimum atomic E-state index is -0.229. The fraction of sp³-hybridized carbons (Fsp3) is 0.250. The van der Waals surface area contributed by atoms with Gasteiger partial charge in [-0.2, -0.15) is 0 Å². The van der Waals surface area contributed by atoms with Crippen LogP contribution in [0.1, 0.15) is 11.1 Å². The Hall–Kier alpha value is -2.56. The number of aryl methyl sites for hydroxylation is 1. The van der Waals surface area contributed by atoms with Gasteiger partial charge in [-0.1, -0.05) is 24.3 Å². The van der Waals surface area contributed by atoms with Crippen LogP contribution < -0.4 is 10.9 Å². The lowest BCUT2D eigenvalue weighted by Crippen LogP contribution is -2.40. The number of amides is 2. The summed E-state index contributed by atoms with van der Waals surface area (Å²) in [6, 6.07) is 11.3. The third-order valence-corrected chi connectivity index (χ3v) is 3.78. The molecule has 0 radical (unpaired) electrons. The lowest BCUT2D eigenvalue weighted by molar-refractivity contribution is 0.206. The molecule has 1 aliphatic rings. The maximum Gasteiger partial charge on any atom is 0.322 e. The minimum absolute atomic E-state index is 0.205. The van der Waals surface area contributed by atoms with Crippen molar-refractivity contribution in [2.24, 2.45) is 7.05 Å². The van der Waals surface area contributed by atoms with Gasteiger partial charge in [0.25, 0.3) is 5.56 Å². The van der Waals surface area contributed by atoms with Crippen LogP contribution in [0.15, 0.2) is 47.4 Å². The molecule has 0 atom stereocenters. The second-order valence-corrected chi connectivity index (χ2v) is 5.21. The highest BCUT2D eigenvalue weighted by Gasteiger charge is 2.20. The summed E-state index contributed by atoms with van der Waals surface area (Å²) >= 11 is 0. The second-order valence-electron chi connectivity index (χ2n) is 5.21. The van der Waals surface area contributed by atoms with Gasteiger partial charge in [0.15, 0.2) is 0 Å². The number of nitrogens with one attached hydrogen (secondary N) is 1. The number of pyridine rings is 1. The Kier molecular flexibility index (Phi) is 3.48. The first-order chi connectivity index (χ1) is 10.1. The summed E-state index contributed by atoms with van der Waals surface area (Å²) < 4.78 is 1.45. The van der Waals surface area contributed by atoms with E-state index in [-0.39, 0.29) is 11.6 Å². The van der Waals surface area contributed by atoms with E-state index in [1.165, 1.54) is 15.7 Å². The number of rotatable bonds is 1. The van der Waals surface area contributed by atoms with Crippen molar-refractivity contribution in [3.05, 3.63) is 64.1 Å². The van der Waals surface area contributed by atoms with Gasteiger partial charge >= 0.3 is 6.03 Å². The number of aromatic nitrogens is 1. The number of hydrogen-bond acceptors (Lipinski definition) is 2. The number of fused-ring (bicyclic) bond motifs is 1. The fourth-order valence-electron chi connectivity index (χ4n) is 2.56. The fourth-order valence-corrected chi connectivity index (χ4v) is 2.56. The molecule has 0 saturated heterocycles. The summed E-state index contributed by atoms with van der Waals surface area (Å²) in [5.41, 5.74) is 2.56. The topological polar surface area (TPSA) is 54.3 Å². The highest BCUT2D eigenvalue weighted by molar-refractivity contribution is 5.89. The lowest BCUT2D eigenvalue weighted by atomic mass is 10.0. The molecule has 3 rings (SSSR count). The van der Waals surface area contributed by atoms with E-state index < -0.39 is 0 Å². The van der Waals surface area contributed by atoms with E-state index in [2.05, 4.69) is 11.4 Å². The van der Waals surface area contributed by atoms with Gasteiger partial charge in [0.1, 0.15) is 5.69 Å². The van der Waals surface area contributed by atoms with Crippen molar-refractivity contribution >= 4 is 11.7 Å². The SMILES string of the molecule is Cn1cccc(NC(=O)N2CCc3ccccc3C2)c1=O.